The molecule has 0 aliphatic heterocycles. The van der Waals surface area contributed by atoms with Crippen molar-refractivity contribution in [2.24, 2.45) is 7.05 Å². The van der Waals surface area contributed by atoms with E-state index >= 15 is 0 Å². The lowest BCUT2D eigenvalue weighted by atomic mass is 10.1. The first kappa shape index (κ1) is 22.7. The molecule has 0 aliphatic carbocycles. The maximum absolute atomic E-state index is 13.5. The van der Waals surface area contributed by atoms with Crippen molar-refractivity contribution in [3.05, 3.63) is 77.8 Å². The zero-order chi connectivity index (χ0) is 24.7. The first-order valence-electron chi connectivity index (χ1n) is 11.4. The lowest BCUT2D eigenvalue weighted by Crippen LogP contribution is -2.03. The number of nitrogens with one attached hydrogen (secondary N) is 1. The molecule has 178 valence electrons. The van der Waals surface area contributed by atoms with Gasteiger partial charge in [-0.3, -0.25) is 0 Å². The second-order valence-corrected chi connectivity index (χ2v) is 8.79. The molecule has 2 N–H and O–H groups in total. The van der Waals surface area contributed by atoms with E-state index in [-0.39, 0.29) is 18.3 Å². The van der Waals surface area contributed by atoms with Gasteiger partial charge in [-0.15, -0.1) is 0 Å². The van der Waals surface area contributed by atoms with E-state index in [2.05, 4.69) is 29.2 Å². The first-order valence-corrected chi connectivity index (χ1v) is 11.4. The highest BCUT2D eigenvalue weighted by molar-refractivity contribution is 5.91. The lowest BCUT2D eigenvalue weighted by Gasteiger charge is -2.14. The quantitative estimate of drug-likeness (QED) is 0.361. The third-order valence-corrected chi connectivity index (χ3v) is 5.92. The van der Waals surface area contributed by atoms with Crippen LogP contribution in [0.3, 0.4) is 0 Å². The van der Waals surface area contributed by atoms with Crippen LogP contribution < -0.4 is 5.32 Å². The number of hydrogen-bond donors (Lipinski definition) is 2. The number of pyridine rings is 1. The van der Waals surface area contributed by atoms with Crippen LogP contribution in [0.25, 0.3) is 28.2 Å². The maximum Gasteiger partial charge on any atom is 0.162 e. The summed E-state index contributed by atoms with van der Waals surface area (Å²) in [6.07, 6.45) is 1.63. The van der Waals surface area contributed by atoms with Gasteiger partial charge in [0.2, 0.25) is 0 Å². The normalized spacial score (nSPS) is 11.5. The van der Waals surface area contributed by atoms with Crippen molar-refractivity contribution in [2.45, 2.75) is 33.3 Å². The average Bonchev–Trinajstić information content (AvgIpc) is 3.43. The Bertz CT molecular complexity index is 1520. The monoisotopic (exact) mass is 471 g/mol. The minimum Gasteiger partial charge on any atom is -0.392 e. The smallest absolute Gasteiger partial charge is 0.162 e. The number of halogens is 1. The van der Waals surface area contributed by atoms with Gasteiger partial charge in [-0.05, 0) is 61.4 Å². The van der Waals surface area contributed by atoms with E-state index in [0.29, 0.717) is 22.7 Å². The number of fused-ring (bicyclic) bond motifs is 1. The van der Waals surface area contributed by atoms with Crippen molar-refractivity contribution in [3.63, 3.8) is 0 Å². The molecule has 2 aromatic carbocycles. The van der Waals surface area contributed by atoms with E-state index in [4.69, 9.17) is 9.97 Å². The summed E-state index contributed by atoms with van der Waals surface area (Å²) in [5.74, 6) is 1.27. The van der Waals surface area contributed by atoms with Crippen molar-refractivity contribution in [1.82, 2.24) is 29.3 Å². The van der Waals surface area contributed by atoms with Crippen LogP contribution in [-0.2, 0) is 13.7 Å². The molecule has 0 saturated carbocycles. The van der Waals surface area contributed by atoms with E-state index in [1.54, 1.807) is 23.1 Å². The molecule has 9 heteroatoms. The lowest BCUT2D eigenvalue weighted by molar-refractivity contribution is 0.281. The number of aryl methyl sites for hydroxylation is 2. The standard InChI is InChI=1S/C26H26FN7O/c1-15(2)21-12-22(24-26(30-21)33(4)25(31-24)17-5-7-19(27)8-6-17)29-20-9-10-23(18(11-20)13-35)34-14-28-16(3)32-34/h5-12,14-15,35H,13H2,1-4H3,(H,29,30). The zero-order valence-corrected chi connectivity index (χ0v) is 20.0. The molecular weight excluding hydrogens is 445 g/mol. The Morgan fingerprint density at radius 3 is 2.49 bits per heavy atom. The summed E-state index contributed by atoms with van der Waals surface area (Å²) in [6, 6.07) is 14.0. The number of hydrogen-bond acceptors (Lipinski definition) is 6. The summed E-state index contributed by atoms with van der Waals surface area (Å²) in [5.41, 5.74) is 6.24. The van der Waals surface area contributed by atoms with Gasteiger partial charge in [-0.1, -0.05) is 13.8 Å². The van der Waals surface area contributed by atoms with Gasteiger partial charge in [0.1, 0.15) is 29.3 Å². The fourth-order valence-corrected chi connectivity index (χ4v) is 4.05. The summed E-state index contributed by atoms with van der Waals surface area (Å²) in [5, 5.41) is 17.8. The third-order valence-electron chi connectivity index (χ3n) is 5.92. The van der Waals surface area contributed by atoms with Gasteiger partial charge < -0.3 is 15.0 Å². The van der Waals surface area contributed by atoms with Crippen molar-refractivity contribution in [3.8, 4) is 17.1 Å². The third kappa shape index (κ3) is 4.26. The van der Waals surface area contributed by atoms with E-state index < -0.39 is 0 Å². The predicted octanol–water partition coefficient (Wildman–Crippen LogP) is 5.02. The van der Waals surface area contributed by atoms with E-state index in [9.17, 15) is 9.50 Å². The van der Waals surface area contributed by atoms with E-state index in [0.717, 1.165) is 34.0 Å². The summed E-state index contributed by atoms with van der Waals surface area (Å²) < 4.78 is 17.1. The predicted molar refractivity (Wildman–Crippen MR) is 133 cm³/mol. The van der Waals surface area contributed by atoms with Crippen LogP contribution in [0.4, 0.5) is 15.8 Å². The van der Waals surface area contributed by atoms with E-state index in [1.165, 1.54) is 12.1 Å². The summed E-state index contributed by atoms with van der Waals surface area (Å²) >= 11 is 0. The molecule has 0 spiro atoms. The molecular formula is C26H26FN7O. The molecule has 0 aliphatic rings. The molecule has 8 nitrogen and oxygen atoms in total. The highest BCUT2D eigenvalue weighted by atomic mass is 19.1. The van der Waals surface area contributed by atoms with Crippen LogP contribution in [-0.4, -0.2) is 34.4 Å². The number of aliphatic hydroxyl groups is 1. The molecule has 0 atom stereocenters. The molecule has 0 bridgehead atoms. The summed E-state index contributed by atoms with van der Waals surface area (Å²) in [7, 11) is 1.91. The molecule has 0 saturated heterocycles. The SMILES string of the molecule is Cc1ncn(-c2ccc(Nc3cc(C(C)C)nc4c3nc(-c3ccc(F)cc3)n4C)cc2CO)n1. The Morgan fingerprint density at radius 1 is 1.06 bits per heavy atom. The fraction of sp³-hybridized carbons (Fsp3) is 0.231. The first-order chi connectivity index (χ1) is 16.8. The molecule has 35 heavy (non-hydrogen) atoms. The van der Waals surface area contributed by atoms with Crippen molar-refractivity contribution in [1.29, 1.82) is 0 Å². The van der Waals surface area contributed by atoms with Crippen molar-refractivity contribution in [2.75, 3.05) is 5.32 Å². The highest BCUT2D eigenvalue weighted by Gasteiger charge is 2.18. The van der Waals surface area contributed by atoms with Crippen LogP contribution in [0.5, 0.6) is 0 Å². The second-order valence-electron chi connectivity index (χ2n) is 8.79. The molecule has 0 unspecified atom stereocenters. The Morgan fingerprint density at radius 2 is 1.83 bits per heavy atom. The number of anilines is 2. The number of rotatable bonds is 6. The molecule has 3 heterocycles. The van der Waals surface area contributed by atoms with Crippen LogP contribution >= 0.6 is 0 Å². The second kappa shape index (κ2) is 8.92. The Labute approximate surface area is 202 Å². The van der Waals surface area contributed by atoms with Gasteiger partial charge in [0.25, 0.3) is 0 Å². The van der Waals surface area contributed by atoms with Gasteiger partial charge in [0, 0.05) is 29.6 Å². The Hall–Kier alpha value is -4.11. The number of aliphatic hydroxyl groups excluding tert-OH is 1. The summed E-state index contributed by atoms with van der Waals surface area (Å²) in [4.78, 5) is 13.9. The van der Waals surface area contributed by atoms with Crippen LogP contribution in [0.15, 0.2) is 54.9 Å². The minimum absolute atomic E-state index is 0.148. The minimum atomic E-state index is -0.292. The molecule has 5 rings (SSSR count). The Balaban J connectivity index is 1.60. The molecule has 3 aromatic heterocycles. The average molecular weight is 472 g/mol. The van der Waals surface area contributed by atoms with E-state index in [1.807, 2.05) is 42.8 Å². The van der Waals surface area contributed by atoms with Crippen LogP contribution in [0.1, 0.15) is 36.8 Å². The highest BCUT2D eigenvalue weighted by Crippen LogP contribution is 2.32. The number of nitrogens with zero attached hydrogens (tertiary/aromatic N) is 6. The summed E-state index contributed by atoms with van der Waals surface area (Å²) in [6.45, 7) is 5.85. The van der Waals surface area contributed by atoms with Crippen molar-refractivity contribution >= 4 is 22.5 Å². The number of benzene rings is 2. The van der Waals surface area contributed by atoms with Gasteiger partial charge in [-0.25, -0.2) is 24.0 Å². The van der Waals surface area contributed by atoms with Crippen LogP contribution in [0, 0.1) is 12.7 Å². The zero-order valence-electron chi connectivity index (χ0n) is 20.0. The molecule has 5 aromatic rings. The molecule has 0 radical (unpaired) electrons. The number of imidazole rings is 1. The van der Waals surface area contributed by atoms with Gasteiger partial charge in [-0.2, -0.15) is 5.10 Å². The van der Waals surface area contributed by atoms with Gasteiger partial charge in [0.15, 0.2) is 5.65 Å². The largest absolute Gasteiger partial charge is 0.392 e. The Kier molecular flexibility index (Phi) is 5.78. The van der Waals surface area contributed by atoms with Crippen molar-refractivity contribution < 1.29 is 9.50 Å². The topological polar surface area (TPSA) is 93.7 Å². The van der Waals surface area contributed by atoms with Crippen LogP contribution in [0.2, 0.25) is 0 Å². The fourth-order valence-electron chi connectivity index (χ4n) is 4.05. The molecule has 0 amide bonds. The molecule has 0 fully saturated rings. The maximum atomic E-state index is 13.5. The van der Waals surface area contributed by atoms with Gasteiger partial charge in [0.05, 0.1) is 18.0 Å². The van der Waals surface area contributed by atoms with Gasteiger partial charge >= 0.3 is 0 Å². The number of aromatic nitrogens is 6.